The molecular weight excluding hydrogens is 348 g/mol. The number of nitrogens with two attached hydrogens (primary N) is 1. The Hall–Kier alpha value is -1.98. The third-order valence-electron chi connectivity index (χ3n) is 4.97. The maximum atomic E-state index is 13.1. The normalized spacial score (nSPS) is 19.5. The molecule has 1 saturated heterocycles. The zero-order valence-electron chi connectivity index (χ0n) is 15.6. The summed E-state index contributed by atoms with van der Waals surface area (Å²) >= 11 is 0. The van der Waals surface area contributed by atoms with E-state index < -0.39 is 0 Å². The molecule has 6 heteroatoms. The number of hydrogen-bond acceptors (Lipinski definition) is 4. The average Bonchev–Trinajstić information content (AvgIpc) is 3.06. The second-order valence-electron chi connectivity index (χ2n) is 7.09. The van der Waals surface area contributed by atoms with Crippen LogP contribution in [-0.4, -0.2) is 40.4 Å². The first-order chi connectivity index (χ1) is 12.0. The van der Waals surface area contributed by atoms with E-state index in [-0.39, 0.29) is 36.1 Å². The number of rotatable bonds is 4. The van der Waals surface area contributed by atoms with Gasteiger partial charge in [0.25, 0.3) is 5.91 Å². The molecule has 26 heavy (non-hydrogen) atoms. The number of aromatic nitrogens is 2. The highest BCUT2D eigenvalue weighted by Gasteiger charge is 2.36. The van der Waals surface area contributed by atoms with E-state index in [4.69, 9.17) is 5.73 Å². The Labute approximate surface area is 161 Å². The van der Waals surface area contributed by atoms with Crippen LogP contribution in [0.4, 0.5) is 0 Å². The van der Waals surface area contributed by atoms with Gasteiger partial charge in [-0.1, -0.05) is 44.2 Å². The van der Waals surface area contributed by atoms with Gasteiger partial charge in [-0.05, 0) is 30.9 Å². The van der Waals surface area contributed by atoms with Crippen LogP contribution in [-0.2, 0) is 0 Å². The zero-order chi connectivity index (χ0) is 18.0. The smallest absolute Gasteiger partial charge is 0.257 e. The van der Waals surface area contributed by atoms with Crippen LogP contribution in [0.3, 0.4) is 0 Å². The summed E-state index contributed by atoms with van der Waals surface area (Å²) in [7, 11) is 0. The fraction of sp³-hybridized carbons (Fsp3) is 0.450. The molecule has 1 amide bonds. The third-order valence-corrected chi connectivity index (χ3v) is 4.97. The summed E-state index contributed by atoms with van der Waals surface area (Å²) in [5.74, 6) is 1.45. The molecule has 5 nitrogen and oxygen atoms in total. The predicted octanol–water partition coefficient (Wildman–Crippen LogP) is 3.14. The lowest BCUT2D eigenvalue weighted by Gasteiger charge is -2.19. The summed E-state index contributed by atoms with van der Waals surface area (Å²) in [6.07, 6.45) is 1.67. The molecule has 2 atom stereocenters. The number of carbonyl (C=O) groups excluding carboxylic acids is 1. The summed E-state index contributed by atoms with van der Waals surface area (Å²) in [6, 6.07) is 10.3. The Balaban J connectivity index is 0.00000243. The largest absolute Gasteiger partial charge is 0.338 e. The molecule has 140 valence electrons. The van der Waals surface area contributed by atoms with Crippen LogP contribution in [0.2, 0.25) is 0 Å². The van der Waals surface area contributed by atoms with E-state index in [0.29, 0.717) is 31.0 Å². The van der Waals surface area contributed by atoms with Gasteiger partial charge in [0.05, 0.1) is 11.3 Å². The second kappa shape index (κ2) is 8.60. The van der Waals surface area contributed by atoms with Crippen molar-refractivity contribution < 1.29 is 4.79 Å². The quantitative estimate of drug-likeness (QED) is 0.892. The molecule has 2 aromatic rings. The third kappa shape index (κ3) is 4.05. The van der Waals surface area contributed by atoms with Crippen LogP contribution in [0.5, 0.6) is 0 Å². The molecule has 1 aromatic heterocycles. The lowest BCUT2D eigenvalue weighted by Crippen LogP contribution is -2.31. The fourth-order valence-electron chi connectivity index (χ4n) is 3.62. The SMILES string of the molecule is Cc1ncc(C(=O)N2C[C@@H](CN)[C@H](c3ccccc3)C2)c(C(C)C)n1.Cl. The van der Waals surface area contributed by atoms with Gasteiger partial charge in [0, 0.05) is 25.2 Å². The molecule has 1 fully saturated rings. The van der Waals surface area contributed by atoms with E-state index in [0.717, 1.165) is 5.69 Å². The summed E-state index contributed by atoms with van der Waals surface area (Å²) in [6.45, 7) is 7.91. The van der Waals surface area contributed by atoms with Crippen molar-refractivity contribution >= 4 is 18.3 Å². The van der Waals surface area contributed by atoms with E-state index in [1.54, 1.807) is 6.20 Å². The maximum absolute atomic E-state index is 13.1. The van der Waals surface area contributed by atoms with Crippen LogP contribution >= 0.6 is 12.4 Å². The van der Waals surface area contributed by atoms with E-state index in [9.17, 15) is 4.79 Å². The van der Waals surface area contributed by atoms with Gasteiger partial charge in [-0.3, -0.25) is 4.79 Å². The summed E-state index contributed by atoms with van der Waals surface area (Å²) < 4.78 is 0. The Kier molecular flexibility index (Phi) is 6.73. The number of likely N-dealkylation sites (tertiary alicyclic amines) is 1. The Bertz CT molecular complexity index is 751. The highest BCUT2D eigenvalue weighted by Crippen LogP contribution is 2.33. The maximum Gasteiger partial charge on any atom is 0.257 e. The van der Waals surface area contributed by atoms with Crippen LogP contribution in [0.15, 0.2) is 36.5 Å². The molecule has 0 radical (unpaired) electrons. The van der Waals surface area contributed by atoms with Crippen LogP contribution in [0.1, 0.15) is 53.1 Å². The molecule has 1 aromatic carbocycles. The first-order valence-corrected chi connectivity index (χ1v) is 8.89. The molecule has 0 aliphatic carbocycles. The van der Waals surface area contributed by atoms with E-state index in [2.05, 4.69) is 35.9 Å². The van der Waals surface area contributed by atoms with Gasteiger partial charge < -0.3 is 10.6 Å². The van der Waals surface area contributed by atoms with Crippen molar-refractivity contribution in [1.82, 2.24) is 14.9 Å². The van der Waals surface area contributed by atoms with Gasteiger partial charge in [-0.25, -0.2) is 9.97 Å². The molecule has 1 aliphatic heterocycles. The number of carbonyl (C=O) groups is 1. The second-order valence-corrected chi connectivity index (χ2v) is 7.09. The van der Waals surface area contributed by atoms with E-state index in [1.807, 2.05) is 30.0 Å². The van der Waals surface area contributed by atoms with E-state index >= 15 is 0 Å². The van der Waals surface area contributed by atoms with Gasteiger partial charge in [0.15, 0.2) is 0 Å². The number of benzene rings is 1. The van der Waals surface area contributed by atoms with Gasteiger partial charge >= 0.3 is 0 Å². The molecule has 0 unspecified atom stereocenters. The van der Waals surface area contributed by atoms with Gasteiger partial charge in [0.1, 0.15) is 5.82 Å². The van der Waals surface area contributed by atoms with E-state index in [1.165, 1.54) is 5.56 Å². The first kappa shape index (κ1) is 20.3. The van der Waals surface area contributed by atoms with Crippen molar-refractivity contribution in [2.24, 2.45) is 11.7 Å². The van der Waals surface area contributed by atoms with Crippen molar-refractivity contribution in [2.45, 2.75) is 32.6 Å². The van der Waals surface area contributed by atoms with Gasteiger partial charge in [-0.15, -0.1) is 12.4 Å². The molecule has 3 rings (SSSR count). The number of halogens is 1. The summed E-state index contributed by atoms with van der Waals surface area (Å²) in [4.78, 5) is 23.8. The molecule has 1 aliphatic rings. The van der Waals surface area contributed by atoms with Crippen molar-refractivity contribution in [1.29, 1.82) is 0 Å². The first-order valence-electron chi connectivity index (χ1n) is 8.89. The van der Waals surface area contributed by atoms with Crippen LogP contribution < -0.4 is 5.73 Å². The molecule has 0 spiro atoms. The molecule has 0 bridgehead atoms. The van der Waals surface area contributed by atoms with Gasteiger partial charge in [-0.2, -0.15) is 0 Å². The van der Waals surface area contributed by atoms with Crippen LogP contribution in [0.25, 0.3) is 0 Å². The van der Waals surface area contributed by atoms with Crippen molar-refractivity contribution in [2.75, 3.05) is 19.6 Å². The zero-order valence-corrected chi connectivity index (χ0v) is 16.4. The summed E-state index contributed by atoms with van der Waals surface area (Å²) in [5, 5.41) is 0. The number of aryl methyl sites for hydroxylation is 1. The Morgan fingerprint density at radius 3 is 2.58 bits per heavy atom. The highest BCUT2D eigenvalue weighted by atomic mass is 35.5. The monoisotopic (exact) mass is 374 g/mol. The predicted molar refractivity (Wildman–Crippen MR) is 106 cm³/mol. The number of nitrogens with zero attached hydrogens (tertiary/aromatic N) is 3. The topological polar surface area (TPSA) is 72.1 Å². The number of amides is 1. The number of hydrogen-bond donors (Lipinski definition) is 1. The minimum Gasteiger partial charge on any atom is -0.338 e. The Morgan fingerprint density at radius 1 is 1.27 bits per heavy atom. The van der Waals surface area contributed by atoms with Crippen LogP contribution in [0, 0.1) is 12.8 Å². The van der Waals surface area contributed by atoms with Crippen molar-refractivity contribution in [3.05, 3.63) is 59.2 Å². The van der Waals surface area contributed by atoms with Gasteiger partial charge in [0.2, 0.25) is 0 Å². The minimum atomic E-state index is 0. The lowest BCUT2D eigenvalue weighted by molar-refractivity contribution is 0.0784. The highest BCUT2D eigenvalue weighted by molar-refractivity contribution is 5.95. The fourth-order valence-corrected chi connectivity index (χ4v) is 3.62. The summed E-state index contributed by atoms with van der Waals surface area (Å²) in [5.41, 5.74) is 8.69. The average molecular weight is 375 g/mol. The molecule has 0 saturated carbocycles. The van der Waals surface area contributed by atoms with Crippen molar-refractivity contribution in [3.63, 3.8) is 0 Å². The molecular formula is C20H27ClN4O. The molecule has 2 N–H and O–H groups in total. The standard InChI is InChI=1S/C20H26N4O.ClH/c1-13(2)19-17(10-22-14(3)23-19)20(25)24-11-16(9-21)18(12-24)15-7-5-4-6-8-15;/h4-8,10,13,16,18H,9,11-12,21H2,1-3H3;1H/t16-,18+;/m1./s1. The lowest BCUT2D eigenvalue weighted by atomic mass is 9.89. The van der Waals surface area contributed by atoms with Crippen molar-refractivity contribution in [3.8, 4) is 0 Å². The Morgan fingerprint density at radius 2 is 1.96 bits per heavy atom. The minimum absolute atomic E-state index is 0. The molecule has 2 heterocycles.